The van der Waals surface area contributed by atoms with E-state index in [4.69, 9.17) is 4.74 Å². The molecule has 3 rings (SSSR count). The highest BCUT2D eigenvalue weighted by Crippen LogP contribution is 2.27. The number of carbonyl (C=O) groups excluding carboxylic acids is 3. The zero-order valence-corrected chi connectivity index (χ0v) is 25.1. The van der Waals surface area contributed by atoms with E-state index in [-0.39, 0.29) is 23.8 Å². The Morgan fingerprint density at radius 2 is 1.73 bits per heavy atom. The molecule has 3 N–H and O–H groups in total. The average molecular weight is 553 g/mol. The zero-order valence-electron chi connectivity index (χ0n) is 25.1. The molecule has 3 amide bonds. The third-order valence-electron chi connectivity index (χ3n) is 7.32. The number of methoxy groups -OCH3 is 1. The maximum Gasteiger partial charge on any atom is 0.243 e. The van der Waals surface area contributed by atoms with Gasteiger partial charge in [0, 0.05) is 38.5 Å². The van der Waals surface area contributed by atoms with Crippen molar-refractivity contribution in [2.75, 3.05) is 33.3 Å². The highest BCUT2D eigenvalue weighted by Gasteiger charge is 2.43. The molecule has 3 atom stereocenters. The van der Waals surface area contributed by atoms with E-state index < -0.39 is 17.5 Å². The standard InChI is InChI=1S/C32H48N4O4/c1-22(2)20-33-15-9-10-16-34-29(37)27(18-23-13-14-24-11-7-8-12-25(24)17-23)35-30(38)28-19-26(40-6)21-36(28)31(39)32(3,4)5/h7-8,11-14,17,22,26-28,33H,9-10,15-16,18-21H2,1-6H3,(H,34,37)(H,35,38). The maximum atomic E-state index is 13.6. The molecule has 1 heterocycles. The van der Waals surface area contributed by atoms with E-state index in [1.807, 2.05) is 57.2 Å². The van der Waals surface area contributed by atoms with E-state index in [0.29, 0.717) is 31.8 Å². The van der Waals surface area contributed by atoms with Crippen molar-refractivity contribution >= 4 is 28.5 Å². The van der Waals surface area contributed by atoms with Gasteiger partial charge in [-0.25, -0.2) is 0 Å². The number of ether oxygens (including phenoxy) is 1. The molecule has 8 nitrogen and oxygen atoms in total. The normalized spacial score (nSPS) is 18.2. The van der Waals surface area contributed by atoms with Crippen LogP contribution < -0.4 is 16.0 Å². The number of likely N-dealkylation sites (tertiary alicyclic amines) is 1. The van der Waals surface area contributed by atoms with Crippen LogP contribution in [0.5, 0.6) is 0 Å². The van der Waals surface area contributed by atoms with Gasteiger partial charge in [-0.05, 0) is 48.2 Å². The minimum Gasteiger partial charge on any atom is -0.380 e. The van der Waals surface area contributed by atoms with Gasteiger partial charge in [0.15, 0.2) is 0 Å². The van der Waals surface area contributed by atoms with Gasteiger partial charge < -0.3 is 25.6 Å². The fourth-order valence-electron chi connectivity index (χ4n) is 5.05. The molecule has 0 aromatic heterocycles. The van der Waals surface area contributed by atoms with Crippen LogP contribution in [-0.2, 0) is 25.5 Å². The predicted molar refractivity (Wildman–Crippen MR) is 160 cm³/mol. The lowest BCUT2D eigenvalue weighted by Gasteiger charge is -2.31. The molecule has 2 aromatic carbocycles. The highest BCUT2D eigenvalue weighted by molar-refractivity contribution is 5.93. The topological polar surface area (TPSA) is 99.8 Å². The third kappa shape index (κ3) is 9.03. The molecule has 3 unspecified atom stereocenters. The number of benzene rings is 2. The van der Waals surface area contributed by atoms with E-state index in [9.17, 15) is 14.4 Å². The number of rotatable bonds is 13. The number of nitrogens with zero attached hydrogens (tertiary/aromatic N) is 1. The van der Waals surface area contributed by atoms with Crippen LogP contribution >= 0.6 is 0 Å². The van der Waals surface area contributed by atoms with Gasteiger partial charge in [-0.2, -0.15) is 0 Å². The summed E-state index contributed by atoms with van der Waals surface area (Å²) in [6.07, 6.45) is 2.33. The second kappa shape index (κ2) is 14.6. The monoisotopic (exact) mass is 552 g/mol. The van der Waals surface area contributed by atoms with E-state index in [2.05, 4.69) is 35.9 Å². The Kier molecular flexibility index (Phi) is 11.5. The molecule has 0 bridgehead atoms. The first-order chi connectivity index (χ1) is 19.0. The zero-order chi connectivity index (χ0) is 29.3. The molecule has 0 aliphatic carbocycles. The first kappa shape index (κ1) is 31.6. The molecule has 8 heteroatoms. The molecule has 1 fully saturated rings. The minimum atomic E-state index is -0.763. The Balaban J connectivity index is 1.71. The van der Waals surface area contributed by atoms with Gasteiger partial charge in [0.2, 0.25) is 17.7 Å². The number of unbranched alkanes of at least 4 members (excludes halogenated alkanes) is 1. The van der Waals surface area contributed by atoms with Crippen molar-refractivity contribution in [3.8, 4) is 0 Å². The van der Waals surface area contributed by atoms with Crippen molar-refractivity contribution in [3.63, 3.8) is 0 Å². The summed E-state index contributed by atoms with van der Waals surface area (Å²) in [4.78, 5) is 41.8. The fraction of sp³-hybridized carbons (Fsp3) is 0.594. The summed E-state index contributed by atoms with van der Waals surface area (Å²) in [7, 11) is 1.60. The molecular formula is C32H48N4O4. The largest absolute Gasteiger partial charge is 0.380 e. The van der Waals surface area contributed by atoms with Gasteiger partial charge >= 0.3 is 0 Å². The van der Waals surface area contributed by atoms with Crippen LogP contribution in [0.4, 0.5) is 0 Å². The summed E-state index contributed by atoms with van der Waals surface area (Å²) in [5.74, 6) is -0.0377. The minimum absolute atomic E-state index is 0.103. The highest BCUT2D eigenvalue weighted by atomic mass is 16.5. The molecule has 1 aliphatic heterocycles. The number of carbonyl (C=O) groups is 3. The van der Waals surface area contributed by atoms with Crippen LogP contribution in [0, 0.1) is 11.3 Å². The summed E-state index contributed by atoms with van der Waals surface area (Å²) in [5.41, 5.74) is 0.327. The fourth-order valence-corrected chi connectivity index (χ4v) is 5.05. The Morgan fingerprint density at radius 3 is 2.40 bits per heavy atom. The van der Waals surface area contributed by atoms with Crippen molar-refractivity contribution in [1.29, 1.82) is 0 Å². The van der Waals surface area contributed by atoms with E-state index in [1.54, 1.807) is 12.0 Å². The maximum absolute atomic E-state index is 13.6. The van der Waals surface area contributed by atoms with Crippen LogP contribution in [-0.4, -0.2) is 74.1 Å². The lowest BCUT2D eigenvalue weighted by Crippen LogP contribution is -2.55. The Bertz CT molecular complexity index is 1140. The molecule has 1 aliphatic rings. The van der Waals surface area contributed by atoms with E-state index >= 15 is 0 Å². The molecule has 1 saturated heterocycles. The van der Waals surface area contributed by atoms with Crippen molar-refractivity contribution in [1.82, 2.24) is 20.9 Å². The smallest absolute Gasteiger partial charge is 0.243 e. The lowest BCUT2D eigenvalue weighted by atomic mass is 9.94. The molecule has 220 valence electrons. The number of nitrogens with one attached hydrogen (secondary N) is 3. The lowest BCUT2D eigenvalue weighted by molar-refractivity contribution is -0.145. The molecule has 2 aromatic rings. The average Bonchev–Trinajstić information content (AvgIpc) is 3.35. The molecule has 0 spiro atoms. The second-order valence-electron chi connectivity index (χ2n) is 12.4. The molecule has 40 heavy (non-hydrogen) atoms. The van der Waals surface area contributed by atoms with Crippen LogP contribution in [0.3, 0.4) is 0 Å². The summed E-state index contributed by atoms with van der Waals surface area (Å²) < 4.78 is 5.52. The number of hydrogen-bond acceptors (Lipinski definition) is 5. The summed E-state index contributed by atoms with van der Waals surface area (Å²) >= 11 is 0. The Morgan fingerprint density at radius 1 is 1.02 bits per heavy atom. The number of amides is 3. The van der Waals surface area contributed by atoms with E-state index in [0.717, 1.165) is 42.3 Å². The predicted octanol–water partition coefficient (Wildman–Crippen LogP) is 3.67. The van der Waals surface area contributed by atoms with Crippen molar-refractivity contribution in [3.05, 3.63) is 48.0 Å². The van der Waals surface area contributed by atoms with Gasteiger partial charge in [-0.15, -0.1) is 0 Å². The van der Waals surface area contributed by atoms with E-state index in [1.165, 1.54) is 0 Å². The van der Waals surface area contributed by atoms with Gasteiger partial charge in [-0.1, -0.05) is 77.1 Å². The van der Waals surface area contributed by atoms with Gasteiger partial charge in [0.1, 0.15) is 12.1 Å². The number of hydrogen-bond donors (Lipinski definition) is 3. The SMILES string of the molecule is COC1CC(C(=O)NC(Cc2ccc3ccccc3c2)C(=O)NCCCCNCC(C)C)N(C(=O)C(C)(C)C)C1. The third-order valence-corrected chi connectivity index (χ3v) is 7.32. The quantitative estimate of drug-likeness (QED) is 0.329. The van der Waals surface area contributed by atoms with Crippen LogP contribution in [0.2, 0.25) is 0 Å². The second-order valence-corrected chi connectivity index (χ2v) is 12.4. The summed E-state index contributed by atoms with van der Waals surface area (Å²) in [5, 5.41) is 11.6. The number of fused-ring (bicyclic) bond motifs is 1. The Labute approximate surface area is 239 Å². The molecular weight excluding hydrogens is 504 g/mol. The van der Waals surface area contributed by atoms with Crippen LogP contribution in [0.25, 0.3) is 10.8 Å². The summed E-state index contributed by atoms with van der Waals surface area (Å²) in [6.45, 7) is 12.7. The van der Waals surface area contributed by atoms with Crippen LogP contribution in [0.1, 0.15) is 59.4 Å². The van der Waals surface area contributed by atoms with Crippen LogP contribution in [0.15, 0.2) is 42.5 Å². The van der Waals surface area contributed by atoms with Crippen molar-refractivity contribution in [2.45, 2.75) is 78.5 Å². The van der Waals surface area contributed by atoms with Gasteiger partial charge in [-0.3, -0.25) is 14.4 Å². The molecule has 0 saturated carbocycles. The van der Waals surface area contributed by atoms with Gasteiger partial charge in [0.25, 0.3) is 0 Å². The Hall–Kier alpha value is -2.97. The first-order valence-electron chi connectivity index (χ1n) is 14.6. The van der Waals surface area contributed by atoms with Crippen molar-refractivity contribution < 1.29 is 19.1 Å². The summed E-state index contributed by atoms with van der Waals surface area (Å²) in [6, 6.07) is 12.7. The van der Waals surface area contributed by atoms with Crippen molar-refractivity contribution in [2.24, 2.45) is 11.3 Å². The van der Waals surface area contributed by atoms with Gasteiger partial charge in [0.05, 0.1) is 6.10 Å². The molecule has 0 radical (unpaired) electrons. The first-order valence-corrected chi connectivity index (χ1v) is 14.6.